The quantitative estimate of drug-likeness (QED) is 0.356. The molecule has 5 heterocycles. The number of pyridine rings is 2. The second-order valence-corrected chi connectivity index (χ2v) is 12.3. The monoisotopic (exact) mass is 560 g/mol. The Labute approximate surface area is 238 Å². The first-order valence-electron chi connectivity index (χ1n) is 13.6. The maximum absolute atomic E-state index is 13.4. The maximum Gasteiger partial charge on any atom is 0.418 e. The molecule has 0 spiro atoms. The number of amides is 1. The summed E-state index contributed by atoms with van der Waals surface area (Å²) in [7, 11) is 0. The predicted octanol–water partition coefficient (Wildman–Crippen LogP) is 4.42. The molecule has 0 aromatic carbocycles. The Morgan fingerprint density at radius 2 is 1.78 bits per heavy atom. The van der Waals surface area contributed by atoms with Crippen LogP contribution in [0.4, 0.5) is 4.79 Å². The fourth-order valence-corrected chi connectivity index (χ4v) is 4.99. The Balaban J connectivity index is 1.36. The molecule has 1 N–H and O–H groups in total. The van der Waals surface area contributed by atoms with E-state index in [1.165, 1.54) is 4.57 Å². The molecular formula is C30H36N6O5. The number of nitrogens with one attached hydrogen (secondary N) is 1. The highest BCUT2D eigenvalue weighted by Crippen LogP contribution is 2.29. The van der Waals surface area contributed by atoms with Crippen molar-refractivity contribution < 1.29 is 23.9 Å². The van der Waals surface area contributed by atoms with E-state index in [0.717, 1.165) is 16.3 Å². The average Bonchev–Trinajstić information content (AvgIpc) is 3.48. The van der Waals surface area contributed by atoms with Crippen molar-refractivity contribution in [1.29, 1.82) is 0 Å². The van der Waals surface area contributed by atoms with Crippen LogP contribution in [0, 0.1) is 0 Å². The molecule has 0 aliphatic carbocycles. The van der Waals surface area contributed by atoms with Gasteiger partial charge in [-0.2, -0.15) is 0 Å². The number of carbonyl (C=O) groups is 3. The van der Waals surface area contributed by atoms with Gasteiger partial charge in [0.15, 0.2) is 0 Å². The molecule has 1 fully saturated rings. The van der Waals surface area contributed by atoms with Crippen molar-refractivity contribution in [2.45, 2.75) is 65.3 Å². The molecule has 1 saturated heterocycles. The first kappa shape index (κ1) is 28.3. The minimum absolute atomic E-state index is 0.0341. The Kier molecular flexibility index (Phi) is 7.33. The van der Waals surface area contributed by atoms with Crippen LogP contribution >= 0.6 is 0 Å². The normalized spacial score (nSPS) is 15.9. The molecule has 4 aromatic heterocycles. The van der Waals surface area contributed by atoms with Gasteiger partial charge in [0, 0.05) is 59.9 Å². The van der Waals surface area contributed by atoms with E-state index in [1.807, 2.05) is 64.6 Å². The van der Waals surface area contributed by atoms with Crippen molar-refractivity contribution in [3.05, 3.63) is 60.4 Å². The smallest absolute Gasteiger partial charge is 0.418 e. The van der Waals surface area contributed by atoms with Crippen molar-refractivity contribution >= 4 is 39.8 Å². The van der Waals surface area contributed by atoms with E-state index in [0.29, 0.717) is 30.0 Å². The predicted molar refractivity (Wildman–Crippen MR) is 153 cm³/mol. The summed E-state index contributed by atoms with van der Waals surface area (Å²) >= 11 is 0. The molecule has 0 bridgehead atoms. The molecule has 5 rings (SSSR count). The van der Waals surface area contributed by atoms with Crippen LogP contribution in [0.1, 0.15) is 59.0 Å². The number of fused-ring (bicyclic) bond motifs is 2. The second-order valence-electron chi connectivity index (χ2n) is 12.3. The summed E-state index contributed by atoms with van der Waals surface area (Å²) in [6, 6.07) is 6.51. The molecule has 0 radical (unpaired) electrons. The van der Waals surface area contributed by atoms with Gasteiger partial charge in [-0.15, -0.1) is 0 Å². The number of esters is 1. The third-order valence-electron chi connectivity index (χ3n) is 6.71. The summed E-state index contributed by atoms with van der Waals surface area (Å²) in [5, 5.41) is 1.64. The first-order chi connectivity index (χ1) is 19.3. The molecule has 11 heteroatoms. The highest BCUT2D eigenvalue weighted by Gasteiger charge is 2.37. The number of H-pyrrole nitrogens is 1. The second kappa shape index (κ2) is 10.6. The third-order valence-corrected chi connectivity index (χ3v) is 6.71. The highest BCUT2D eigenvalue weighted by molar-refractivity contribution is 5.91. The van der Waals surface area contributed by atoms with E-state index in [1.54, 1.807) is 35.8 Å². The van der Waals surface area contributed by atoms with Crippen LogP contribution in [-0.4, -0.2) is 78.1 Å². The maximum atomic E-state index is 13.4. The zero-order chi connectivity index (χ0) is 29.5. The SMILES string of the molecule is CC(C)(C)OC(=O)C(c1cc2cnccc2[nH]1)N1CCN(Cc2nccc3c2ccn3C(=O)OC(C)(C)C)C(=O)C1. The van der Waals surface area contributed by atoms with E-state index in [2.05, 4.69) is 15.0 Å². The van der Waals surface area contributed by atoms with Gasteiger partial charge >= 0.3 is 12.1 Å². The van der Waals surface area contributed by atoms with Gasteiger partial charge in [-0.25, -0.2) is 9.59 Å². The van der Waals surface area contributed by atoms with E-state index >= 15 is 0 Å². The van der Waals surface area contributed by atoms with Crippen LogP contribution < -0.4 is 0 Å². The number of aromatic nitrogens is 4. The van der Waals surface area contributed by atoms with Gasteiger partial charge in [0.25, 0.3) is 0 Å². The molecule has 1 aliphatic heterocycles. The fraction of sp³-hybridized carbons (Fsp3) is 0.433. The lowest BCUT2D eigenvalue weighted by Gasteiger charge is -2.38. The zero-order valence-corrected chi connectivity index (χ0v) is 24.3. The molecule has 41 heavy (non-hydrogen) atoms. The summed E-state index contributed by atoms with van der Waals surface area (Å²) in [6.45, 7) is 12.1. The summed E-state index contributed by atoms with van der Waals surface area (Å²) in [5.41, 5.74) is 1.53. The van der Waals surface area contributed by atoms with Crippen LogP contribution in [0.15, 0.2) is 49.1 Å². The largest absolute Gasteiger partial charge is 0.458 e. The number of carbonyl (C=O) groups excluding carboxylic acids is 3. The number of rotatable bonds is 5. The summed E-state index contributed by atoms with van der Waals surface area (Å²) < 4.78 is 12.7. The topological polar surface area (TPSA) is 123 Å². The highest BCUT2D eigenvalue weighted by atomic mass is 16.6. The number of aromatic amines is 1. The van der Waals surface area contributed by atoms with Crippen LogP contribution in [0.5, 0.6) is 0 Å². The molecule has 11 nitrogen and oxygen atoms in total. The van der Waals surface area contributed by atoms with E-state index in [-0.39, 0.29) is 19.0 Å². The number of ether oxygens (including phenoxy) is 2. The summed E-state index contributed by atoms with van der Waals surface area (Å²) in [4.78, 5) is 55.2. The van der Waals surface area contributed by atoms with E-state index < -0.39 is 29.3 Å². The molecule has 4 aromatic rings. The Bertz CT molecular complexity index is 1580. The van der Waals surface area contributed by atoms with Crippen LogP contribution in [0.25, 0.3) is 21.8 Å². The van der Waals surface area contributed by atoms with Crippen LogP contribution in [-0.2, 0) is 25.6 Å². The first-order valence-corrected chi connectivity index (χ1v) is 13.6. The van der Waals surface area contributed by atoms with Gasteiger partial charge in [-0.1, -0.05) is 0 Å². The van der Waals surface area contributed by atoms with Crippen LogP contribution in [0.2, 0.25) is 0 Å². The van der Waals surface area contributed by atoms with Crippen molar-refractivity contribution in [1.82, 2.24) is 29.3 Å². The average molecular weight is 561 g/mol. The molecule has 1 atom stereocenters. The Morgan fingerprint density at radius 3 is 2.46 bits per heavy atom. The van der Waals surface area contributed by atoms with Crippen molar-refractivity contribution in [3.63, 3.8) is 0 Å². The molecule has 1 unspecified atom stereocenters. The summed E-state index contributed by atoms with van der Waals surface area (Å²) in [6.07, 6.45) is 6.22. The molecule has 216 valence electrons. The fourth-order valence-electron chi connectivity index (χ4n) is 4.99. The van der Waals surface area contributed by atoms with E-state index in [9.17, 15) is 14.4 Å². The standard InChI is InChI=1S/C30H36N6O5/c1-29(2,3)40-27(38)26(22-15-19-16-31-10-7-21(19)33-22)35-14-13-34(25(37)18-35)17-23-20-9-12-36(24(20)8-11-32-23)28(39)41-30(4,5)6/h7-12,15-16,26,33H,13-14,17-18H2,1-6H3. The molecule has 1 amide bonds. The number of hydrogen-bond acceptors (Lipinski definition) is 8. The van der Waals surface area contributed by atoms with Gasteiger partial charge in [-0.3, -0.25) is 24.2 Å². The lowest BCUT2D eigenvalue weighted by molar-refractivity contribution is -0.163. The zero-order valence-electron chi connectivity index (χ0n) is 24.3. The van der Waals surface area contributed by atoms with Gasteiger partial charge < -0.3 is 19.4 Å². The number of nitrogens with zero attached hydrogens (tertiary/aromatic N) is 5. The van der Waals surface area contributed by atoms with Crippen LogP contribution in [0.3, 0.4) is 0 Å². The van der Waals surface area contributed by atoms with Gasteiger partial charge in [-0.05, 0) is 65.8 Å². The van der Waals surface area contributed by atoms with Crippen molar-refractivity contribution in [2.24, 2.45) is 0 Å². The Hall–Kier alpha value is -4.25. The summed E-state index contributed by atoms with van der Waals surface area (Å²) in [5.74, 6) is -0.554. The minimum atomic E-state index is -0.780. The van der Waals surface area contributed by atoms with Crippen molar-refractivity contribution in [3.8, 4) is 0 Å². The molecule has 1 aliphatic rings. The number of piperazine rings is 1. The lowest BCUT2D eigenvalue weighted by atomic mass is 10.1. The van der Waals surface area contributed by atoms with Gasteiger partial charge in [0.05, 0.1) is 24.3 Å². The Morgan fingerprint density at radius 1 is 1.02 bits per heavy atom. The van der Waals surface area contributed by atoms with E-state index in [4.69, 9.17) is 9.47 Å². The third kappa shape index (κ3) is 6.25. The lowest BCUT2D eigenvalue weighted by Crippen LogP contribution is -2.52. The van der Waals surface area contributed by atoms with Gasteiger partial charge in [0.1, 0.15) is 17.2 Å². The molecule has 0 saturated carbocycles. The van der Waals surface area contributed by atoms with Crippen molar-refractivity contribution in [2.75, 3.05) is 19.6 Å². The number of hydrogen-bond donors (Lipinski definition) is 1. The molecular weight excluding hydrogens is 524 g/mol. The van der Waals surface area contributed by atoms with Gasteiger partial charge in [0.2, 0.25) is 5.91 Å². The minimum Gasteiger partial charge on any atom is -0.458 e.